The molecule has 4 nitrogen and oxygen atoms in total. The first-order chi connectivity index (χ1) is 9.40. The van der Waals surface area contributed by atoms with Crippen molar-refractivity contribution in [2.75, 3.05) is 26.8 Å². The Labute approximate surface area is 122 Å². The van der Waals surface area contributed by atoms with Crippen LogP contribution >= 0.6 is 0 Å². The molecule has 0 aliphatic heterocycles. The van der Waals surface area contributed by atoms with Crippen LogP contribution in [0.1, 0.15) is 27.2 Å². The Kier molecular flexibility index (Phi) is 6.82. The summed E-state index contributed by atoms with van der Waals surface area (Å²) in [6.07, 6.45) is 0.567. The highest BCUT2D eigenvalue weighted by Gasteiger charge is 2.10. The van der Waals surface area contributed by atoms with Crippen LogP contribution in [0.5, 0.6) is 11.5 Å². The fourth-order valence-electron chi connectivity index (χ4n) is 1.67. The predicted octanol–water partition coefficient (Wildman–Crippen LogP) is 2.46. The Hall–Kier alpha value is -1.26. The molecular formula is C16H27NO3. The van der Waals surface area contributed by atoms with Crippen molar-refractivity contribution < 1.29 is 14.6 Å². The number of aliphatic hydroxyl groups is 1. The SMILES string of the molecule is COc1cccc(OCC(O)CNCCC(C)(C)C)c1. The molecule has 0 radical (unpaired) electrons. The zero-order chi connectivity index (χ0) is 15.0. The van der Waals surface area contributed by atoms with Crippen LogP contribution in [0.3, 0.4) is 0 Å². The van der Waals surface area contributed by atoms with Crippen molar-refractivity contribution in [3.8, 4) is 11.5 Å². The molecule has 0 heterocycles. The van der Waals surface area contributed by atoms with Gasteiger partial charge in [0.25, 0.3) is 0 Å². The Morgan fingerprint density at radius 1 is 1.25 bits per heavy atom. The number of hydrogen-bond donors (Lipinski definition) is 2. The van der Waals surface area contributed by atoms with E-state index >= 15 is 0 Å². The van der Waals surface area contributed by atoms with Crippen LogP contribution < -0.4 is 14.8 Å². The van der Waals surface area contributed by atoms with Gasteiger partial charge in [-0.05, 0) is 30.5 Å². The van der Waals surface area contributed by atoms with Crippen LogP contribution in [0.2, 0.25) is 0 Å². The molecule has 0 bridgehead atoms. The van der Waals surface area contributed by atoms with E-state index in [0.717, 1.165) is 18.7 Å². The molecule has 4 heteroatoms. The van der Waals surface area contributed by atoms with E-state index in [1.165, 1.54) is 0 Å². The molecule has 0 fully saturated rings. The van der Waals surface area contributed by atoms with Crippen molar-refractivity contribution in [1.29, 1.82) is 0 Å². The Balaban J connectivity index is 2.20. The maximum Gasteiger partial charge on any atom is 0.123 e. The fourth-order valence-corrected chi connectivity index (χ4v) is 1.67. The van der Waals surface area contributed by atoms with Gasteiger partial charge in [0.1, 0.15) is 24.2 Å². The number of aliphatic hydroxyl groups excluding tert-OH is 1. The van der Waals surface area contributed by atoms with E-state index in [-0.39, 0.29) is 6.61 Å². The lowest BCUT2D eigenvalue weighted by Gasteiger charge is -2.19. The topological polar surface area (TPSA) is 50.7 Å². The molecule has 0 spiro atoms. The third kappa shape index (κ3) is 7.36. The van der Waals surface area contributed by atoms with Crippen molar-refractivity contribution in [2.45, 2.75) is 33.3 Å². The van der Waals surface area contributed by atoms with E-state index in [2.05, 4.69) is 26.1 Å². The van der Waals surface area contributed by atoms with Gasteiger partial charge in [0.15, 0.2) is 0 Å². The largest absolute Gasteiger partial charge is 0.497 e. The monoisotopic (exact) mass is 281 g/mol. The molecular weight excluding hydrogens is 254 g/mol. The molecule has 0 saturated heterocycles. The van der Waals surface area contributed by atoms with Gasteiger partial charge in [-0.25, -0.2) is 0 Å². The van der Waals surface area contributed by atoms with Crippen molar-refractivity contribution in [2.24, 2.45) is 5.41 Å². The molecule has 0 aromatic heterocycles. The highest BCUT2D eigenvalue weighted by Crippen LogP contribution is 2.19. The Bertz CT molecular complexity index is 388. The van der Waals surface area contributed by atoms with E-state index in [1.54, 1.807) is 13.2 Å². The Morgan fingerprint density at radius 3 is 2.60 bits per heavy atom. The summed E-state index contributed by atoms with van der Waals surface area (Å²) in [6, 6.07) is 7.38. The summed E-state index contributed by atoms with van der Waals surface area (Å²) in [7, 11) is 1.62. The molecule has 2 N–H and O–H groups in total. The highest BCUT2D eigenvalue weighted by molar-refractivity contribution is 5.32. The molecule has 0 aliphatic rings. The summed E-state index contributed by atoms with van der Waals surface area (Å²) in [6.45, 7) is 8.33. The first-order valence-corrected chi connectivity index (χ1v) is 7.06. The number of methoxy groups -OCH3 is 1. The molecule has 1 unspecified atom stereocenters. The zero-order valence-corrected chi connectivity index (χ0v) is 13.0. The van der Waals surface area contributed by atoms with E-state index in [1.807, 2.05) is 18.2 Å². The van der Waals surface area contributed by atoms with Gasteiger partial charge in [-0.1, -0.05) is 26.8 Å². The molecule has 114 valence electrons. The van der Waals surface area contributed by atoms with Crippen molar-refractivity contribution in [3.63, 3.8) is 0 Å². The predicted molar refractivity (Wildman–Crippen MR) is 81.4 cm³/mol. The minimum Gasteiger partial charge on any atom is -0.497 e. The minimum atomic E-state index is -0.513. The maximum atomic E-state index is 9.85. The normalized spacial score (nSPS) is 13.1. The average Bonchev–Trinajstić information content (AvgIpc) is 2.40. The van der Waals surface area contributed by atoms with Crippen LogP contribution in [0.15, 0.2) is 24.3 Å². The molecule has 0 aliphatic carbocycles. The van der Waals surface area contributed by atoms with E-state index in [4.69, 9.17) is 9.47 Å². The zero-order valence-electron chi connectivity index (χ0n) is 13.0. The minimum absolute atomic E-state index is 0.273. The van der Waals surface area contributed by atoms with Gasteiger partial charge < -0.3 is 19.9 Å². The van der Waals surface area contributed by atoms with Crippen LogP contribution in [-0.2, 0) is 0 Å². The maximum absolute atomic E-state index is 9.85. The van der Waals surface area contributed by atoms with Gasteiger partial charge in [-0.3, -0.25) is 0 Å². The molecule has 20 heavy (non-hydrogen) atoms. The van der Waals surface area contributed by atoms with Gasteiger partial charge >= 0.3 is 0 Å². The Morgan fingerprint density at radius 2 is 1.95 bits per heavy atom. The quantitative estimate of drug-likeness (QED) is 0.719. The van der Waals surface area contributed by atoms with Crippen molar-refractivity contribution >= 4 is 0 Å². The molecule has 1 aromatic rings. The third-order valence-electron chi connectivity index (χ3n) is 2.92. The summed E-state index contributed by atoms with van der Waals surface area (Å²) in [5.74, 6) is 1.46. The van der Waals surface area contributed by atoms with Gasteiger partial charge in [0.2, 0.25) is 0 Å². The van der Waals surface area contributed by atoms with E-state index in [9.17, 15) is 5.11 Å². The molecule has 1 aromatic carbocycles. The highest BCUT2D eigenvalue weighted by atomic mass is 16.5. The fraction of sp³-hybridized carbons (Fsp3) is 0.625. The lowest BCUT2D eigenvalue weighted by Crippen LogP contribution is -2.33. The lowest BCUT2D eigenvalue weighted by molar-refractivity contribution is 0.105. The second-order valence-corrected chi connectivity index (χ2v) is 6.16. The lowest BCUT2D eigenvalue weighted by atomic mass is 9.92. The summed E-state index contributed by atoms with van der Waals surface area (Å²) >= 11 is 0. The first kappa shape index (κ1) is 16.8. The van der Waals surface area contributed by atoms with Crippen molar-refractivity contribution in [1.82, 2.24) is 5.32 Å². The number of benzene rings is 1. The van der Waals surface area contributed by atoms with E-state index in [0.29, 0.717) is 17.7 Å². The van der Waals surface area contributed by atoms with Crippen LogP contribution in [-0.4, -0.2) is 38.0 Å². The summed E-state index contributed by atoms with van der Waals surface area (Å²) in [5.41, 5.74) is 0.315. The van der Waals surface area contributed by atoms with Gasteiger partial charge in [-0.2, -0.15) is 0 Å². The third-order valence-corrected chi connectivity index (χ3v) is 2.92. The van der Waals surface area contributed by atoms with Gasteiger partial charge in [0.05, 0.1) is 7.11 Å². The van der Waals surface area contributed by atoms with Crippen molar-refractivity contribution in [3.05, 3.63) is 24.3 Å². The van der Waals surface area contributed by atoms with Gasteiger partial charge in [0, 0.05) is 12.6 Å². The first-order valence-electron chi connectivity index (χ1n) is 7.06. The standard InChI is InChI=1S/C16H27NO3/c1-16(2,3)8-9-17-11-13(18)12-20-15-7-5-6-14(10-15)19-4/h5-7,10,13,17-18H,8-9,11-12H2,1-4H3. The van der Waals surface area contributed by atoms with Gasteiger partial charge in [-0.15, -0.1) is 0 Å². The number of rotatable bonds is 8. The molecule has 1 atom stereocenters. The number of nitrogens with one attached hydrogen (secondary N) is 1. The van der Waals surface area contributed by atoms with Crippen LogP contribution in [0.4, 0.5) is 0 Å². The smallest absolute Gasteiger partial charge is 0.123 e. The summed E-state index contributed by atoms with van der Waals surface area (Å²) < 4.78 is 10.7. The molecule has 1 rings (SSSR count). The van der Waals surface area contributed by atoms with Crippen LogP contribution in [0.25, 0.3) is 0 Å². The number of hydrogen-bond acceptors (Lipinski definition) is 4. The average molecular weight is 281 g/mol. The molecule has 0 amide bonds. The second kappa shape index (κ2) is 8.12. The van der Waals surface area contributed by atoms with E-state index < -0.39 is 6.10 Å². The summed E-state index contributed by atoms with van der Waals surface area (Å²) in [4.78, 5) is 0. The summed E-state index contributed by atoms with van der Waals surface area (Å²) in [5, 5.41) is 13.1. The second-order valence-electron chi connectivity index (χ2n) is 6.16. The van der Waals surface area contributed by atoms with Crippen LogP contribution in [0, 0.1) is 5.41 Å². The number of ether oxygens (including phenoxy) is 2. The molecule has 0 saturated carbocycles.